The first-order valence-electron chi connectivity index (χ1n) is 8.13. The van der Waals surface area contributed by atoms with Crippen molar-refractivity contribution in [2.75, 3.05) is 27.0 Å². The van der Waals surface area contributed by atoms with Crippen molar-refractivity contribution < 1.29 is 9.53 Å². The number of amides is 1. The Morgan fingerprint density at radius 3 is 2.75 bits per heavy atom. The largest absolute Gasteiger partial charge is 0.496 e. The summed E-state index contributed by atoms with van der Waals surface area (Å²) in [5.74, 6) is 0.765. The van der Waals surface area contributed by atoms with Gasteiger partial charge in [0.2, 0.25) is 5.91 Å². The van der Waals surface area contributed by atoms with Crippen molar-refractivity contribution in [3.05, 3.63) is 23.8 Å². The molecule has 0 radical (unpaired) electrons. The van der Waals surface area contributed by atoms with Crippen molar-refractivity contribution in [3.63, 3.8) is 0 Å². The highest BCUT2D eigenvalue weighted by Gasteiger charge is 2.35. The van der Waals surface area contributed by atoms with E-state index in [1.54, 1.807) is 18.9 Å². The lowest BCUT2D eigenvalue weighted by atomic mass is 10.00. The molecule has 6 heteroatoms. The van der Waals surface area contributed by atoms with Gasteiger partial charge < -0.3 is 10.1 Å². The molecule has 1 aromatic rings. The number of nitrogens with zero attached hydrogens (tertiary/aromatic N) is 2. The lowest BCUT2D eigenvalue weighted by Crippen LogP contribution is -2.48. The first-order chi connectivity index (χ1) is 11.5. The molecule has 0 heterocycles. The molecule has 0 bridgehead atoms. The van der Waals surface area contributed by atoms with E-state index in [9.17, 15) is 10.1 Å². The Morgan fingerprint density at radius 2 is 2.17 bits per heavy atom. The smallest absolute Gasteiger partial charge is 0.235 e. The van der Waals surface area contributed by atoms with E-state index in [1.165, 1.54) is 0 Å². The maximum Gasteiger partial charge on any atom is 0.235 e. The number of carbonyl (C=O) groups excluding carboxylic acids is 1. The van der Waals surface area contributed by atoms with Gasteiger partial charge in [-0.3, -0.25) is 9.69 Å². The second kappa shape index (κ2) is 8.41. The van der Waals surface area contributed by atoms with Crippen LogP contribution in [-0.2, 0) is 11.3 Å². The lowest BCUT2D eigenvalue weighted by molar-refractivity contribution is -0.123. The Bertz CT molecular complexity index is 621. The van der Waals surface area contributed by atoms with Gasteiger partial charge in [0.15, 0.2) is 0 Å². The molecule has 0 aliphatic heterocycles. The van der Waals surface area contributed by atoms with E-state index in [2.05, 4.69) is 17.5 Å². The average molecular weight is 347 g/mol. The number of nitrogens with one attached hydrogen (secondary N) is 1. The van der Waals surface area contributed by atoms with Gasteiger partial charge in [0.05, 0.1) is 19.7 Å². The average Bonchev–Trinajstić information content (AvgIpc) is 3.03. The molecule has 2 rings (SSSR count). The van der Waals surface area contributed by atoms with E-state index in [0.29, 0.717) is 6.54 Å². The van der Waals surface area contributed by atoms with Gasteiger partial charge in [-0.2, -0.15) is 5.26 Å². The summed E-state index contributed by atoms with van der Waals surface area (Å²) in [7, 11) is 3.57. The van der Waals surface area contributed by atoms with Gasteiger partial charge in [0.25, 0.3) is 0 Å². The molecule has 1 aromatic carbocycles. The van der Waals surface area contributed by atoms with Crippen LogP contribution in [0.15, 0.2) is 23.1 Å². The third-order valence-electron chi connectivity index (χ3n) is 4.36. The zero-order valence-corrected chi connectivity index (χ0v) is 15.4. The molecule has 0 spiro atoms. The maximum atomic E-state index is 12.3. The number of hydrogen-bond donors (Lipinski definition) is 1. The summed E-state index contributed by atoms with van der Waals surface area (Å²) in [5, 5.41) is 12.3. The minimum atomic E-state index is -0.652. The van der Waals surface area contributed by atoms with E-state index in [1.807, 2.05) is 30.3 Å². The van der Waals surface area contributed by atoms with E-state index < -0.39 is 5.54 Å². The van der Waals surface area contributed by atoms with Gasteiger partial charge in [0, 0.05) is 11.4 Å². The molecule has 1 aliphatic carbocycles. The molecule has 24 heavy (non-hydrogen) atoms. The number of ether oxygens (including phenoxy) is 1. The summed E-state index contributed by atoms with van der Waals surface area (Å²) in [4.78, 5) is 15.3. The first-order valence-corrected chi connectivity index (χ1v) is 9.36. The maximum absolute atomic E-state index is 12.3. The van der Waals surface area contributed by atoms with Gasteiger partial charge in [-0.1, -0.05) is 6.07 Å². The number of rotatable bonds is 7. The third-order valence-corrected chi connectivity index (χ3v) is 5.14. The molecule has 1 N–H and O–H groups in total. The van der Waals surface area contributed by atoms with Crippen LogP contribution in [0.5, 0.6) is 5.75 Å². The summed E-state index contributed by atoms with van der Waals surface area (Å²) in [6.45, 7) is 0.925. The zero-order chi connectivity index (χ0) is 17.6. The topological polar surface area (TPSA) is 65.4 Å². The fourth-order valence-corrected chi connectivity index (χ4v) is 3.69. The summed E-state index contributed by atoms with van der Waals surface area (Å²) < 4.78 is 5.40. The zero-order valence-electron chi connectivity index (χ0n) is 14.6. The fourth-order valence-electron chi connectivity index (χ4n) is 3.14. The predicted octanol–water partition coefficient (Wildman–Crippen LogP) is 2.80. The fraction of sp³-hybridized carbons (Fsp3) is 0.556. The molecular formula is C18H25N3O2S. The van der Waals surface area contributed by atoms with Crippen molar-refractivity contribution in [2.45, 2.75) is 42.7 Å². The van der Waals surface area contributed by atoms with Crippen molar-refractivity contribution in [1.82, 2.24) is 10.2 Å². The van der Waals surface area contributed by atoms with Crippen LogP contribution in [0.1, 0.15) is 31.2 Å². The summed E-state index contributed by atoms with van der Waals surface area (Å²) in [6, 6.07) is 8.39. The number of carbonyl (C=O) groups is 1. The molecule has 130 valence electrons. The second-order valence-electron chi connectivity index (χ2n) is 6.31. The molecule has 1 fully saturated rings. The standard InChI is InChI=1S/C18H25N3O2S/c1-21(11-14-6-7-16(24-3)15(10-14)23-2)12-17(22)20-18(13-19)8-4-5-9-18/h6-7,10H,4-5,8-9,11-12H2,1-3H3,(H,20,22). The van der Waals surface area contributed by atoms with E-state index >= 15 is 0 Å². The molecule has 0 atom stereocenters. The normalized spacial score (nSPS) is 16.0. The highest BCUT2D eigenvalue weighted by Crippen LogP contribution is 2.29. The molecule has 0 unspecified atom stereocenters. The minimum absolute atomic E-state index is 0.0892. The predicted molar refractivity (Wildman–Crippen MR) is 96.1 cm³/mol. The quantitative estimate of drug-likeness (QED) is 0.768. The number of benzene rings is 1. The monoisotopic (exact) mass is 347 g/mol. The van der Waals surface area contributed by atoms with Crippen LogP contribution in [0.3, 0.4) is 0 Å². The number of thioether (sulfide) groups is 1. The van der Waals surface area contributed by atoms with Crippen LogP contribution >= 0.6 is 11.8 Å². The lowest BCUT2D eigenvalue weighted by Gasteiger charge is -2.24. The van der Waals surface area contributed by atoms with Crippen molar-refractivity contribution in [1.29, 1.82) is 5.26 Å². The number of methoxy groups -OCH3 is 1. The summed E-state index contributed by atoms with van der Waals surface area (Å²) >= 11 is 1.64. The number of hydrogen-bond acceptors (Lipinski definition) is 5. The Balaban J connectivity index is 1.92. The number of nitriles is 1. The van der Waals surface area contributed by atoms with Crippen molar-refractivity contribution in [2.24, 2.45) is 0 Å². The molecule has 0 saturated heterocycles. The van der Waals surface area contributed by atoms with Crippen LogP contribution in [0.2, 0.25) is 0 Å². The van der Waals surface area contributed by atoms with Crippen LogP contribution in [-0.4, -0.2) is 43.3 Å². The molecule has 5 nitrogen and oxygen atoms in total. The summed E-state index contributed by atoms with van der Waals surface area (Å²) in [6.07, 6.45) is 5.54. The Morgan fingerprint density at radius 1 is 1.46 bits per heavy atom. The second-order valence-corrected chi connectivity index (χ2v) is 7.16. The van der Waals surface area contributed by atoms with Crippen molar-refractivity contribution >= 4 is 17.7 Å². The van der Waals surface area contributed by atoms with Crippen LogP contribution < -0.4 is 10.1 Å². The molecular weight excluding hydrogens is 322 g/mol. The minimum Gasteiger partial charge on any atom is -0.496 e. The number of likely N-dealkylation sites (N-methyl/N-ethyl adjacent to an activating group) is 1. The van der Waals surface area contributed by atoms with Gasteiger partial charge in [-0.25, -0.2) is 0 Å². The van der Waals surface area contributed by atoms with E-state index in [4.69, 9.17) is 4.74 Å². The Kier molecular flexibility index (Phi) is 6.52. The molecule has 1 saturated carbocycles. The molecule has 1 amide bonds. The van der Waals surface area contributed by atoms with Gasteiger partial charge in [-0.05, 0) is 56.7 Å². The SMILES string of the molecule is COc1cc(CN(C)CC(=O)NC2(C#N)CCCC2)ccc1SC. The first kappa shape index (κ1) is 18.6. The van der Waals surface area contributed by atoms with Crippen LogP contribution in [0.25, 0.3) is 0 Å². The van der Waals surface area contributed by atoms with E-state index in [0.717, 1.165) is 41.9 Å². The Labute approximate surface area is 148 Å². The van der Waals surface area contributed by atoms with Gasteiger partial charge >= 0.3 is 0 Å². The molecule has 0 aromatic heterocycles. The van der Waals surface area contributed by atoms with Gasteiger partial charge in [-0.15, -0.1) is 11.8 Å². The van der Waals surface area contributed by atoms with Crippen molar-refractivity contribution in [3.8, 4) is 11.8 Å². The Hall–Kier alpha value is -1.71. The highest BCUT2D eigenvalue weighted by atomic mass is 32.2. The van der Waals surface area contributed by atoms with Crippen LogP contribution in [0.4, 0.5) is 0 Å². The molecule has 1 aliphatic rings. The van der Waals surface area contributed by atoms with E-state index in [-0.39, 0.29) is 12.5 Å². The summed E-state index contributed by atoms with van der Waals surface area (Å²) in [5.41, 5.74) is 0.442. The highest BCUT2D eigenvalue weighted by molar-refractivity contribution is 7.98. The van der Waals surface area contributed by atoms with Crippen LogP contribution in [0, 0.1) is 11.3 Å². The third kappa shape index (κ3) is 4.65. The van der Waals surface area contributed by atoms with Gasteiger partial charge in [0.1, 0.15) is 11.3 Å².